The molecule has 3 aromatic rings. The molecule has 0 bridgehead atoms. The summed E-state index contributed by atoms with van der Waals surface area (Å²) in [5.41, 5.74) is 2.57. The van der Waals surface area contributed by atoms with Crippen molar-refractivity contribution in [1.29, 1.82) is 0 Å². The summed E-state index contributed by atoms with van der Waals surface area (Å²) in [6.45, 7) is 2.86. The summed E-state index contributed by atoms with van der Waals surface area (Å²) < 4.78 is 0. The van der Waals surface area contributed by atoms with Crippen molar-refractivity contribution in [3.8, 4) is 0 Å². The summed E-state index contributed by atoms with van der Waals surface area (Å²) in [5.74, 6) is 0.608. The van der Waals surface area contributed by atoms with Crippen LogP contribution in [0.4, 0.5) is 5.69 Å². The second kappa shape index (κ2) is 7.84. The molecule has 1 atom stereocenters. The van der Waals surface area contributed by atoms with Gasteiger partial charge in [0.25, 0.3) is 5.69 Å². The molecule has 27 heavy (non-hydrogen) atoms. The van der Waals surface area contributed by atoms with Crippen LogP contribution in [0, 0.1) is 16.0 Å². The van der Waals surface area contributed by atoms with E-state index >= 15 is 0 Å². The van der Waals surface area contributed by atoms with Gasteiger partial charge in [-0.1, -0.05) is 30.3 Å². The second-order valence-electron chi connectivity index (χ2n) is 7.39. The number of piperidine rings is 1. The van der Waals surface area contributed by atoms with Gasteiger partial charge in [0.1, 0.15) is 0 Å². The highest BCUT2D eigenvalue weighted by molar-refractivity contribution is 5.84. The Balaban J connectivity index is 1.45. The van der Waals surface area contributed by atoms with Crippen LogP contribution in [0.5, 0.6) is 0 Å². The molecule has 1 saturated heterocycles. The lowest BCUT2D eigenvalue weighted by Crippen LogP contribution is -2.35. The zero-order chi connectivity index (χ0) is 18.6. The number of nitro benzene ring substituents is 1. The Kier molecular flexibility index (Phi) is 5.12. The summed E-state index contributed by atoms with van der Waals surface area (Å²) in [5, 5.41) is 13.5. The fourth-order valence-electron chi connectivity index (χ4n) is 4.17. The molecule has 0 amide bonds. The molecule has 4 rings (SSSR count). The third-order valence-corrected chi connectivity index (χ3v) is 5.41. The molecule has 0 aliphatic carbocycles. The van der Waals surface area contributed by atoms with Crippen molar-refractivity contribution in [3.05, 3.63) is 82.2 Å². The zero-order valence-electron chi connectivity index (χ0n) is 15.3. The van der Waals surface area contributed by atoms with Crippen LogP contribution < -0.4 is 0 Å². The molecule has 5 nitrogen and oxygen atoms in total. The normalized spacial score (nSPS) is 17.9. The summed E-state index contributed by atoms with van der Waals surface area (Å²) >= 11 is 0. The molecular weight excluding hydrogens is 338 g/mol. The lowest BCUT2D eigenvalue weighted by Gasteiger charge is -2.33. The first-order valence-corrected chi connectivity index (χ1v) is 9.46. The maximum Gasteiger partial charge on any atom is 0.269 e. The molecule has 0 spiro atoms. The average Bonchev–Trinajstić information content (AvgIpc) is 2.69. The van der Waals surface area contributed by atoms with Gasteiger partial charge in [0.2, 0.25) is 0 Å². The lowest BCUT2D eigenvalue weighted by atomic mass is 9.89. The predicted molar refractivity (Wildman–Crippen MR) is 107 cm³/mol. The number of hydrogen-bond acceptors (Lipinski definition) is 4. The number of benzene rings is 2. The number of pyridine rings is 1. The second-order valence-corrected chi connectivity index (χ2v) is 7.39. The fourth-order valence-corrected chi connectivity index (χ4v) is 4.17. The molecule has 1 aromatic heterocycles. The first-order chi connectivity index (χ1) is 13.2. The van der Waals surface area contributed by atoms with Gasteiger partial charge in [-0.3, -0.25) is 20.0 Å². The van der Waals surface area contributed by atoms with Crippen molar-refractivity contribution in [1.82, 2.24) is 9.88 Å². The maximum absolute atomic E-state index is 11.0. The highest BCUT2D eigenvalue weighted by atomic mass is 16.6. The van der Waals surface area contributed by atoms with E-state index in [1.54, 1.807) is 18.2 Å². The van der Waals surface area contributed by atoms with Gasteiger partial charge in [0.15, 0.2) is 0 Å². The SMILES string of the molecule is O=[N+]([O-])c1cccc(CN2CCCC(Cc3cccc4cnccc34)C2)c1. The number of rotatable bonds is 5. The Morgan fingerprint density at radius 3 is 2.96 bits per heavy atom. The van der Waals surface area contributed by atoms with E-state index in [1.165, 1.54) is 29.2 Å². The highest BCUT2D eigenvalue weighted by Gasteiger charge is 2.21. The fraction of sp³-hybridized carbons (Fsp3) is 0.318. The minimum atomic E-state index is -0.322. The number of likely N-dealkylation sites (tertiary alicyclic amines) is 1. The van der Waals surface area contributed by atoms with E-state index in [-0.39, 0.29) is 10.6 Å². The Morgan fingerprint density at radius 2 is 2.07 bits per heavy atom. The Bertz CT molecular complexity index is 952. The first kappa shape index (κ1) is 17.6. The first-order valence-electron chi connectivity index (χ1n) is 9.46. The Hall–Kier alpha value is -2.79. The van der Waals surface area contributed by atoms with Gasteiger partial charge >= 0.3 is 0 Å². The third kappa shape index (κ3) is 4.14. The number of nitrogens with zero attached hydrogens (tertiary/aromatic N) is 3. The summed E-state index contributed by atoms with van der Waals surface area (Å²) in [7, 11) is 0. The van der Waals surface area contributed by atoms with Crippen LogP contribution in [-0.2, 0) is 13.0 Å². The van der Waals surface area contributed by atoms with Crippen LogP contribution in [0.2, 0.25) is 0 Å². The van der Waals surface area contributed by atoms with E-state index in [1.807, 2.05) is 18.5 Å². The summed E-state index contributed by atoms with van der Waals surface area (Å²) in [4.78, 5) is 17.3. The molecule has 138 valence electrons. The van der Waals surface area contributed by atoms with Crippen LogP contribution in [0.3, 0.4) is 0 Å². The quantitative estimate of drug-likeness (QED) is 0.492. The van der Waals surface area contributed by atoms with Crippen molar-refractivity contribution in [2.24, 2.45) is 5.92 Å². The van der Waals surface area contributed by atoms with Crippen LogP contribution in [-0.4, -0.2) is 27.9 Å². The lowest BCUT2D eigenvalue weighted by molar-refractivity contribution is -0.384. The molecule has 1 fully saturated rings. The molecule has 5 heteroatoms. The van der Waals surface area contributed by atoms with Crippen molar-refractivity contribution >= 4 is 16.5 Å². The molecule has 1 aliphatic heterocycles. The maximum atomic E-state index is 11.0. The van der Waals surface area contributed by atoms with Crippen LogP contribution >= 0.6 is 0 Å². The minimum absolute atomic E-state index is 0.172. The number of non-ortho nitro benzene ring substituents is 1. The highest BCUT2D eigenvalue weighted by Crippen LogP contribution is 2.26. The van der Waals surface area contributed by atoms with Crippen molar-refractivity contribution < 1.29 is 4.92 Å². The monoisotopic (exact) mass is 361 g/mol. The van der Waals surface area contributed by atoms with Gasteiger partial charge in [-0.2, -0.15) is 0 Å². The Labute approximate surface area is 158 Å². The van der Waals surface area contributed by atoms with Crippen molar-refractivity contribution in [2.75, 3.05) is 13.1 Å². The van der Waals surface area contributed by atoms with E-state index in [0.717, 1.165) is 31.6 Å². The largest absolute Gasteiger partial charge is 0.299 e. The van der Waals surface area contributed by atoms with Gasteiger partial charge in [0.05, 0.1) is 4.92 Å². The summed E-state index contributed by atoms with van der Waals surface area (Å²) in [6, 6.07) is 15.6. The topological polar surface area (TPSA) is 59.3 Å². The van der Waals surface area contributed by atoms with Crippen LogP contribution in [0.1, 0.15) is 24.0 Å². The molecule has 0 radical (unpaired) electrons. The van der Waals surface area contributed by atoms with Crippen molar-refractivity contribution in [3.63, 3.8) is 0 Å². The third-order valence-electron chi connectivity index (χ3n) is 5.41. The van der Waals surface area contributed by atoms with Crippen LogP contribution in [0.15, 0.2) is 60.9 Å². The van der Waals surface area contributed by atoms with E-state index < -0.39 is 0 Å². The molecule has 0 saturated carbocycles. The Morgan fingerprint density at radius 1 is 1.19 bits per heavy atom. The molecule has 1 unspecified atom stereocenters. The van der Waals surface area contributed by atoms with E-state index in [0.29, 0.717) is 5.92 Å². The number of fused-ring (bicyclic) bond motifs is 1. The molecule has 2 heterocycles. The van der Waals surface area contributed by atoms with Gasteiger partial charge in [0, 0.05) is 43.0 Å². The summed E-state index contributed by atoms with van der Waals surface area (Å²) in [6.07, 6.45) is 7.25. The zero-order valence-corrected chi connectivity index (χ0v) is 15.3. The van der Waals surface area contributed by atoms with Crippen LogP contribution in [0.25, 0.3) is 10.8 Å². The van der Waals surface area contributed by atoms with E-state index in [2.05, 4.69) is 34.1 Å². The van der Waals surface area contributed by atoms with Crippen molar-refractivity contribution in [2.45, 2.75) is 25.8 Å². The number of aromatic nitrogens is 1. The van der Waals surface area contributed by atoms with Gasteiger partial charge in [-0.05, 0) is 54.3 Å². The predicted octanol–water partition coefficient (Wildman–Crippen LogP) is 4.60. The van der Waals surface area contributed by atoms with Gasteiger partial charge < -0.3 is 0 Å². The van der Waals surface area contributed by atoms with Gasteiger partial charge in [-0.15, -0.1) is 0 Å². The average molecular weight is 361 g/mol. The molecule has 0 N–H and O–H groups in total. The smallest absolute Gasteiger partial charge is 0.269 e. The molecule has 2 aromatic carbocycles. The number of nitro groups is 1. The standard InChI is InChI=1S/C22H23N3O2/c26-25(27)21-8-1-4-18(13-21)16-24-11-3-5-17(15-24)12-19-6-2-7-20-14-23-10-9-22(19)20/h1-2,4,6-10,13-14,17H,3,5,11-12,15-16H2. The molecular formula is C22H23N3O2. The number of hydrogen-bond donors (Lipinski definition) is 0. The van der Waals surface area contributed by atoms with E-state index in [9.17, 15) is 10.1 Å². The molecule has 1 aliphatic rings. The van der Waals surface area contributed by atoms with E-state index in [4.69, 9.17) is 0 Å². The van der Waals surface area contributed by atoms with Gasteiger partial charge in [-0.25, -0.2) is 0 Å². The minimum Gasteiger partial charge on any atom is -0.299 e.